The van der Waals surface area contributed by atoms with Gasteiger partial charge in [0.2, 0.25) is 0 Å². The first kappa shape index (κ1) is 13.3. The van der Waals surface area contributed by atoms with E-state index in [-0.39, 0.29) is 0 Å². The summed E-state index contributed by atoms with van der Waals surface area (Å²) in [5.41, 5.74) is 0.401. The molecule has 0 aliphatic rings. The zero-order valence-electron chi connectivity index (χ0n) is 7.96. The van der Waals surface area contributed by atoms with Crippen molar-refractivity contribution in [3.8, 4) is 0 Å². The van der Waals surface area contributed by atoms with Crippen LogP contribution in [0.3, 0.4) is 0 Å². The first-order valence-corrected chi connectivity index (χ1v) is 3.75. The maximum absolute atomic E-state index is 9.98. The van der Waals surface area contributed by atoms with Crippen molar-refractivity contribution >= 4 is 6.29 Å². The Labute approximate surface area is 74.2 Å². The van der Waals surface area contributed by atoms with Gasteiger partial charge in [-0.3, -0.25) is 4.79 Å². The van der Waals surface area contributed by atoms with Gasteiger partial charge in [0.25, 0.3) is 0 Å². The lowest BCUT2D eigenvalue weighted by molar-refractivity contribution is -0.104. The maximum Gasteiger partial charge on any atom is 0.149 e. The molecule has 0 spiro atoms. The van der Waals surface area contributed by atoms with Gasteiger partial charge in [-0.25, -0.2) is 0 Å². The van der Waals surface area contributed by atoms with E-state index in [1.165, 1.54) is 7.11 Å². The van der Waals surface area contributed by atoms with Gasteiger partial charge >= 0.3 is 0 Å². The molecule has 68 valence electrons. The predicted octanol–water partition coefficient (Wildman–Crippen LogP) is 2.48. The van der Waals surface area contributed by atoms with Crippen molar-refractivity contribution in [2.75, 3.05) is 7.11 Å². The summed E-state index contributed by atoms with van der Waals surface area (Å²) in [4.78, 5) is 9.98. The normalized spacial score (nSPS) is 8.25. The van der Waals surface area contributed by atoms with Gasteiger partial charge in [0.15, 0.2) is 0 Å². The van der Waals surface area contributed by atoms with E-state index in [9.17, 15) is 4.79 Å². The summed E-state index contributed by atoms with van der Waals surface area (Å²) in [6.07, 6.45) is 3.79. The number of aldehydes is 1. The summed E-state index contributed by atoms with van der Waals surface area (Å²) in [7, 11) is 1.51. The lowest BCUT2D eigenvalue weighted by atomic mass is 10.3. The van der Waals surface area contributed by atoms with Gasteiger partial charge in [0.1, 0.15) is 12.0 Å². The Bertz CT molecular complexity index is 178. The Morgan fingerprint density at radius 2 is 1.75 bits per heavy atom. The molecule has 0 heterocycles. The minimum atomic E-state index is 0.401. The fourth-order valence-electron chi connectivity index (χ4n) is 0.307. The fraction of sp³-hybridized carbons (Fsp3) is 0.300. The quantitative estimate of drug-likeness (QED) is 0.279. The molecule has 0 aromatic rings. The van der Waals surface area contributed by atoms with Gasteiger partial charge in [-0.05, 0) is 12.2 Å². The van der Waals surface area contributed by atoms with Crippen LogP contribution >= 0.6 is 0 Å². The molecule has 0 unspecified atom stereocenters. The standard InChI is InChI=1S/C8H10O2.C2H6/c1-7(6-9)4-5-8(2)10-3;1-2/h4-6H,1-2H2,3H3;1-2H3/b5-4-;. The number of ether oxygens (including phenoxy) is 1. The van der Waals surface area contributed by atoms with Crippen molar-refractivity contribution in [1.82, 2.24) is 0 Å². The minimum absolute atomic E-state index is 0.401. The first-order chi connectivity index (χ1) is 5.70. The monoisotopic (exact) mass is 168 g/mol. The Kier molecular flexibility index (Phi) is 10.7. The molecule has 0 bridgehead atoms. The molecular formula is C10H16O2. The highest BCUT2D eigenvalue weighted by atomic mass is 16.5. The van der Waals surface area contributed by atoms with E-state index in [4.69, 9.17) is 4.74 Å². The molecule has 2 heteroatoms. The molecule has 0 fully saturated rings. The number of hydrogen-bond acceptors (Lipinski definition) is 2. The lowest BCUT2D eigenvalue weighted by Crippen LogP contribution is -1.79. The van der Waals surface area contributed by atoms with E-state index in [1.54, 1.807) is 12.2 Å². The van der Waals surface area contributed by atoms with Crippen LogP contribution in [0.1, 0.15) is 13.8 Å². The Morgan fingerprint density at radius 1 is 1.25 bits per heavy atom. The third-order valence-electron chi connectivity index (χ3n) is 0.897. The second-order valence-electron chi connectivity index (χ2n) is 1.70. The highest BCUT2D eigenvalue weighted by Gasteiger charge is 1.83. The number of hydrogen-bond donors (Lipinski definition) is 0. The third-order valence-corrected chi connectivity index (χ3v) is 0.897. The molecule has 12 heavy (non-hydrogen) atoms. The van der Waals surface area contributed by atoms with Gasteiger partial charge in [0.05, 0.1) is 7.11 Å². The first-order valence-electron chi connectivity index (χ1n) is 3.75. The fourth-order valence-corrected chi connectivity index (χ4v) is 0.307. The van der Waals surface area contributed by atoms with Crippen LogP contribution in [0.4, 0.5) is 0 Å². The van der Waals surface area contributed by atoms with E-state index >= 15 is 0 Å². The summed E-state index contributed by atoms with van der Waals surface area (Å²) in [6.45, 7) is 10.9. The molecule has 0 aliphatic heterocycles. The van der Waals surface area contributed by atoms with E-state index in [0.29, 0.717) is 17.6 Å². The molecule has 0 rings (SSSR count). The van der Waals surface area contributed by atoms with Crippen LogP contribution in [0.5, 0.6) is 0 Å². The number of allylic oxidation sites excluding steroid dienone is 3. The second kappa shape index (κ2) is 9.69. The average Bonchev–Trinajstić information content (AvgIpc) is 2.16. The average molecular weight is 168 g/mol. The minimum Gasteiger partial charge on any atom is -0.497 e. The summed E-state index contributed by atoms with van der Waals surface area (Å²) in [6, 6.07) is 0. The van der Waals surface area contributed by atoms with Gasteiger partial charge in [-0.15, -0.1) is 0 Å². The highest BCUT2D eigenvalue weighted by molar-refractivity contribution is 5.76. The van der Waals surface area contributed by atoms with E-state index in [2.05, 4.69) is 13.2 Å². The molecule has 0 aliphatic carbocycles. The summed E-state index contributed by atoms with van der Waals surface area (Å²) in [5, 5.41) is 0. The number of carbonyl (C=O) groups excluding carboxylic acids is 1. The zero-order chi connectivity index (χ0) is 9.98. The zero-order valence-corrected chi connectivity index (χ0v) is 7.96. The molecule has 0 radical (unpaired) electrons. The lowest BCUT2D eigenvalue weighted by Gasteiger charge is -1.93. The Balaban J connectivity index is 0. The van der Waals surface area contributed by atoms with Crippen molar-refractivity contribution in [2.24, 2.45) is 0 Å². The van der Waals surface area contributed by atoms with Crippen molar-refractivity contribution in [1.29, 1.82) is 0 Å². The molecule has 0 saturated heterocycles. The molecule has 0 aromatic heterocycles. The van der Waals surface area contributed by atoms with Crippen LogP contribution in [-0.2, 0) is 9.53 Å². The Hall–Kier alpha value is -1.31. The maximum atomic E-state index is 9.98. The Morgan fingerprint density at radius 3 is 2.08 bits per heavy atom. The molecule has 0 amide bonds. The molecular weight excluding hydrogens is 152 g/mol. The van der Waals surface area contributed by atoms with Crippen molar-refractivity contribution in [3.63, 3.8) is 0 Å². The number of rotatable bonds is 4. The smallest absolute Gasteiger partial charge is 0.149 e. The van der Waals surface area contributed by atoms with E-state index < -0.39 is 0 Å². The van der Waals surface area contributed by atoms with Crippen molar-refractivity contribution in [3.05, 3.63) is 36.6 Å². The molecule has 0 N–H and O–H groups in total. The predicted molar refractivity (Wildman–Crippen MR) is 51.8 cm³/mol. The second-order valence-corrected chi connectivity index (χ2v) is 1.70. The SMILES string of the molecule is C=C(C=O)/C=C\C(=C)OC.CC. The highest BCUT2D eigenvalue weighted by Crippen LogP contribution is 1.95. The van der Waals surface area contributed by atoms with E-state index in [1.807, 2.05) is 13.8 Å². The van der Waals surface area contributed by atoms with Crippen LogP contribution in [0.15, 0.2) is 36.6 Å². The molecule has 0 saturated carbocycles. The van der Waals surface area contributed by atoms with Crippen LogP contribution in [0.25, 0.3) is 0 Å². The summed E-state index contributed by atoms with van der Waals surface area (Å²) >= 11 is 0. The van der Waals surface area contributed by atoms with Crippen LogP contribution < -0.4 is 0 Å². The van der Waals surface area contributed by atoms with Crippen LogP contribution in [0, 0.1) is 0 Å². The summed E-state index contributed by atoms with van der Waals surface area (Å²) in [5.74, 6) is 0.503. The van der Waals surface area contributed by atoms with Gasteiger partial charge < -0.3 is 4.74 Å². The van der Waals surface area contributed by atoms with Crippen LogP contribution in [-0.4, -0.2) is 13.4 Å². The molecule has 0 aromatic carbocycles. The van der Waals surface area contributed by atoms with Gasteiger partial charge in [-0.2, -0.15) is 0 Å². The van der Waals surface area contributed by atoms with Crippen molar-refractivity contribution < 1.29 is 9.53 Å². The summed E-state index contributed by atoms with van der Waals surface area (Å²) < 4.78 is 4.71. The topological polar surface area (TPSA) is 26.3 Å². The largest absolute Gasteiger partial charge is 0.497 e. The van der Waals surface area contributed by atoms with Crippen LogP contribution in [0.2, 0.25) is 0 Å². The third kappa shape index (κ3) is 8.69. The van der Waals surface area contributed by atoms with Gasteiger partial charge in [0, 0.05) is 5.57 Å². The number of methoxy groups -OCH3 is 1. The van der Waals surface area contributed by atoms with Crippen molar-refractivity contribution in [2.45, 2.75) is 13.8 Å². The molecule has 0 atom stereocenters. The van der Waals surface area contributed by atoms with E-state index in [0.717, 1.165) is 0 Å². The number of carbonyl (C=O) groups is 1. The molecule has 2 nitrogen and oxygen atoms in total. The van der Waals surface area contributed by atoms with Gasteiger partial charge in [-0.1, -0.05) is 27.0 Å².